The second kappa shape index (κ2) is 102. The fraction of sp³-hybridized carbons (Fsp3) is 0.895. The van der Waals surface area contributed by atoms with Crippen molar-refractivity contribution in [2.24, 2.45) is 0 Å². The number of hydrogen-bond donors (Lipinski definition) is 1. The Morgan fingerprint density at radius 3 is 0.875 bits per heavy atom. The quantitative estimate of drug-likeness (QED) is 0.256. The number of rotatable bonds is 6. The fourth-order valence-electron chi connectivity index (χ4n) is 0.612. The maximum absolute atomic E-state index is 3.53. The summed E-state index contributed by atoms with van der Waals surface area (Å²) >= 11 is 12.2. The molecule has 24 heavy (non-hydrogen) atoms. The third kappa shape index (κ3) is 212. The molecule has 0 aromatic carbocycles. The van der Waals surface area contributed by atoms with Gasteiger partial charge < -0.3 is 0 Å². The van der Waals surface area contributed by atoms with Crippen molar-refractivity contribution in [2.45, 2.75) is 60.8 Å². The van der Waals surface area contributed by atoms with Crippen molar-refractivity contribution in [1.82, 2.24) is 0 Å². The van der Waals surface area contributed by atoms with E-state index < -0.39 is 0 Å². The highest BCUT2D eigenvalue weighted by atomic mass is 32.2. The molecule has 0 saturated carbocycles. The Hall–Kier alpha value is 1.49. The first kappa shape index (κ1) is 44.7. The molecule has 0 amide bonds. The monoisotopic (exact) mass is 439 g/mol. The van der Waals surface area contributed by atoms with E-state index in [4.69, 9.17) is 0 Å². The zero-order valence-electron chi connectivity index (χ0n) is 18.7. The lowest BCUT2D eigenvalue weighted by Gasteiger charge is -1.80. The molecule has 0 aliphatic carbocycles. The van der Waals surface area contributed by atoms with Gasteiger partial charge in [0.2, 0.25) is 0 Å². The number of thiol groups is 1. The highest BCUT2D eigenvalue weighted by Gasteiger charge is 1.68. The van der Waals surface area contributed by atoms with Crippen LogP contribution in [0.1, 0.15) is 60.8 Å². The summed E-state index contributed by atoms with van der Waals surface area (Å²) in [5.74, 6) is 3.92. The van der Waals surface area contributed by atoms with Crippen LogP contribution in [-0.4, -0.2) is 48.5 Å². The van der Waals surface area contributed by atoms with Crippen LogP contribution in [0, 0.1) is 0 Å². The van der Waals surface area contributed by atoms with Gasteiger partial charge in [0.15, 0.2) is 0 Å². The van der Waals surface area contributed by atoms with Crippen LogP contribution in [0.4, 0.5) is 0 Å². The van der Waals surface area contributed by atoms with Gasteiger partial charge in [-0.15, -0.1) is 6.58 Å². The van der Waals surface area contributed by atoms with Gasteiger partial charge in [-0.1, -0.05) is 40.7 Å². The van der Waals surface area contributed by atoms with E-state index in [0.717, 1.165) is 0 Å². The van der Waals surface area contributed by atoms with E-state index >= 15 is 0 Å². The predicted octanol–water partition coefficient (Wildman–Crippen LogP) is 7.67. The standard InChI is InChI=1S/3C4H10S.C3H6.C2H6.2CH4S/c3*1-3-4-5-2;1-3-2;3*1-2/h3*3-4H2,1-2H3;3H,1H2,2H3;1-2H3;2*2H,1H3/p+1. The first-order valence-corrected chi connectivity index (χ1v) is 14.7. The second-order valence-corrected chi connectivity index (χ2v) is 6.34. The highest BCUT2D eigenvalue weighted by molar-refractivity contribution is 7.98. The van der Waals surface area contributed by atoms with E-state index in [1.165, 1.54) is 36.5 Å². The summed E-state index contributed by atoms with van der Waals surface area (Å²) in [6.45, 7) is 15.8. The third-order valence-electron chi connectivity index (χ3n) is 1.22. The molecule has 0 nitrogen and oxygen atoms in total. The largest absolute Gasteiger partial charge is 0.183 e. The van der Waals surface area contributed by atoms with Crippen molar-refractivity contribution in [2.75, 3.05) is 48.5 Å². The molecule has 0 N–H and O–H groups in total. The van der Waals surface area contributed by atoms with Gasteiger partial charge in [0, 0.05) is 0 Å². The minimum atomic E-state index is 1.31. The Bertz CT molecular complexity index is 81.5. The van der Waals surface area contributed by atoms with E-state index in [1.807, 2.05) is 56.1 Å². The second-order valence-electron chi connectivity index (χ2n) is 3.39. The van der Waals surface area contributed by atoms with Crippen molar-refractivity contribution in [3.05, 3.63) is 12.7 Å². The lowest BCUT2D eigenvalue weighted by Crippen LogP contribution is -1.64. The van der Waals surface area contributed by atoms with Crippen molar-refractivity contribution >= 4 is 60.5 Å². The molecule has 0 rings (SSSR count). The van der Waals surface area contributed by atoms with Crippen LogP contribution in [0.5, 0.6) is 0 Å². The summed E-state index contributed by atoms with van der Waals surface area (Å²) in [5.41, 5.74) is 0. The Morgan fingerprint density at radius 2 is 0.875 bits per heavy atom. The highest BCUT2D eigenvalue weighted by Crippen LogP contribution is 1.92. The minimum Gasteiger partial charge on any atom is -0.183 e. The lowest BCUT2D eigenvalue weighted by molar-refractivity contribution is 1.11. The molecule has 0 aromatic rings. The lowest BCUT2D eigenvalue weighted by atomic mass is 10.6. The van der Waals surface area contributed by atoms with Gasteiger partial charge in [-0.05, 0) is 81.1 Å². The summed E-state index contributed by atoms with van der Waals surface area (Å²) in [5, 5.41) is 0. The van der Waals surface area contributed by atoms with Crippen molar-refractivity contribution in [3.8, 4) is 0 Å². The van der Waals surface area contributed by atoms with Crippen LogP contribution in [0.2, 0.25) is 0 Å². The number of thioether (sulfide) groups is 3. The van der Waals surface area contributed by atoms with E-state index in [1.54, 1.807) is 18.6 Å². The van der Waals surface area contributed by atoms with Gasteiger partial charge >= 0.3 is 0 Å². The molecular formula is C19H51S5+. The molecule has 0 unspecified atom stereocenters. The maximum atomic E-state index is 3.53. The van der Waals surface area contributed by atoms with Gasteiger partial charge in [-0.2, -0.15) is 47.9 Å². The summed E-state index contributed by atoms with van der Waals surface area (Å²) in [4.78, 5) is 0. The van der Waals surface area contributed by atoms with Crippen molar-refractivity contribution in [3.63, 3.8) is 0 Å². The summed E-state index contributed by atoms with van der Waals surface area (Å²) in [6, 6.07) is 0. The Morgan fingerprint density at radius 1 is 0.750 bits per heavy atom. The Kier molecular flexibility index (Phi) is 191. The average Bonchev–Trinajstić information content (AvgIpc) is 2.64. The molecule has 0 spiro atoms. The van der Waals surface area contributed by atoms with Gasteiger partial charge in [-0.3, -0.25) is 0 Å². The molecule has 0 bridgehead atoms. The molecular weight excluding hydrogens is 389 g/mol. The normalized spacial score (nSPS) is 6.54. The topological polar surface area (TPSA) is 0 Å². The smallest absolute Gasteiger partial charge is 0.0929 e. The van der Waals surface area contributed by atoms with E-state index in [0.29, 0.717) is 0 Å². The van der Waals surface area contributed by atoms with Crippen LogP contribution in [0.15, 0.2) is 12.7 Å². The zero-order chi connectivity index (χ0) is 21.1. The van der Waals surface area contributed by atoms with Crippen LogP contribution < -0.4 is 0 Å². The Balaban J connectivity index is -0.0000000293. The third-order valence-corrected chi connectivity index (χ3v) is 3.67. The molecule has 0 atom stereocenters. The first-order valence-electron chi connectivity index (χ1n) is 8.64. The van der Waals surface area contributed by atoms with Crippen LogP contribution in [0.25, 0.3) is 0 Å². The van der Waals surface area contributed by atoms with Crippen molar-refractivity contribution < 1.29 is 0 Å². The molecule has 0 radical (unpaired) electrons. The van der Waals surface area contributed by atoms with Crippen LogP contribution >= 0.6 is 47.9 Å². The molecule has 5 heteroatoms. The number of hydrogen-bond acceptors (Lipinski definition) is 4. The van der Waals surface area contributed by atoms with E-state index in [-0.39, 0.29) is 0 Å². The average molecular weight is 440 g/mol. The van der Waals surface area contributed by atoms with Gasteiger partial charge in [-0.25, -0.2) is 0 Å². The molecule has 0 aromatic heterocycles. The molecule has 0 saturated heterocycles. The van der Waals surface area contributed by atoms with Gasteiger partial charge in [0.25, 0.3) is 0 Å². The van der Waals surface area contributed by atoms with Crippen LogP contribution in [0.3, 0.4) is 0 Å². The minimum absolute atomic E-state index is 1.31. The molecule has 0 aliphatic heterocycles. The van der Waals surface area contributed by atoms with Gasteiger partial charge in [0.1, 0.15) is 0 Å². The molecule has 0 aliphatic rings. The summed E-state index contributed by atoms with van der Waals surface area (Å²) < 4.78 is 0. The SMILES string of the molecule is C=CC.CC.CCCSC.CCCSC.CCCSC.CS.C[SH2+]. The maximum Gasteiger partial charge on any atom is 0.0929 e. The molecule has 156 valence electrons. The number of allylic oxidation sites excluding steroid dienone is 1. The Labute approximate surface area is 181 Å². The molecule has 0 heterocycles. The van der Waals surface area contributed by atoms with Crippen molar-refractivity contribution in [1.29, 1.82) is 0 Å². The first-order chi connectivity index (χ1) is 11.7. The van der Waals surface area contributed by atoms with E-state index in [9.17, 15) is 0 Å². The summed E-state index contributed by atoms with van der Waals surface area (Å²) in [7, 11) is 0. The predicted molar refractivity (Wildman–Crippen MR) is 144 cm³/mol. The fourth-order valence-corrected chi connectivity index (χ4v) is 1.84. The van der Waals surface area contributed by atoms with Gasteiger partial charge in [0.05, 0.1) is 6.26 Å². The molecule has 0 fully saturated rings. The van der Waals surface area contributed by atoms with E-state index in [2.05, 4.69) is 71.4 Å². The van der Waals surface area contributed by atoms with Crippen LogP contribution in [-0.2, 0) is 12.6 Å². The summed E-state index contributed by atoms with van der Waals surface area (Å²) in [6.07, 6.45) is 15.6. The zero-order valence-corrected chi connectivity index (χ0v) is 23.0.